The van der Waals surface area contributed by atoms with E-state index in [4.69, 9.17) is 10.5 Å². The zero-order chi connectivity index (χ0) is 24.9. The van der Waals surface area contributed by atoms with Crippen LogP contribution in [0.5, 0.6) is 0 Å². The number of ether oxygens (including phenoxy) is 1. The Labute approximate surface area is 201 Å². The number of pyridine rings is 1. The fourth-order valence-corrected chi connectivity index (χ4v) is 4.80. The number of carbonyl (C=O) groups excluding carboxylic acids is 1. The molecule has 4 atom stereocenters. The van der Waals surface area contributed by atoms with E-state index in [1.165, 1.54) is 12.2 Å². The normalized spacial score (nSPS) is 25.9. The molecule has 1 amide bonds. The average molecular weight is 484 g/mol. The molecular formula is C24H27F2N7O2. The summed E-state index contributed by atoms with van der Waals surface area (Å²) in [7, 11) is 0. The van der Waals surface area contributed by atoms with Gasteiger partial charge in [0, 0.05) is 12.2 Å². The number of rotatable bonds is 3. The van der Waals surface area contributed by atoms with Gasteiger partial charge >= 0.3 is 6.09 Å². The molecule has 35 heavy (non-hydrogen) atoms. The van der Waals surface area contributed by atoms with Crippen molar-refractivity contribution in [3.05, 3.63) is 42.1 Å². The molecular weight excluding hydrogens is 456 g/mol. The third-order valence-electron chi connectivity index (χ3n) is 6.37. The first-order valence-electron chi connectivity index (χ1n) is 11.6. The number of halogens is 2. The molecule has 1 fully saturated rings. The number of tetrazole rings is 1. The lowest BCUT2D eigenvalue weighted by Crippen LogP contribution is -2.45. The van der Waals surface area contributed by atoms with Crippen LogP contribution in [0.3, 0.4) is 0 Å². The van der Waals surface area contributed by atoms with Crippen LogP contribution >= 0.6 is 0 Å². The first-order valence-corrected chi connectivity index (χ1v) is 11.6. The van der Waals surface area contributed by atoms with Crippen LogP contribution in [-0.2, 0) is 4.74 Å². The van der Waals surface area contributed by atoms with E-state index in [-0.39, 0.29) is 35.5 Å². The van der Waals surface area contributed by atoms with E-state index in [2.05, 4.69) is 26.6 Å². The number of hydrogen-bond donors (Lipinski definition) is 1. The molecule has 2 N–H and O–H groups in total. The van der Waals surface area contributed by atoms with Gasteiger partial charge in [-0.3, -0.25) is 4.90 Å². The van der Waals surface area contributed by atoms with Crippen LogP contribution in [0.2, 0.25) is 0 Å². The molecule has 2 aromatic heterocycles. The Hall–Kier alpha value is -3.63. The summed E-state index contributed by atoms with van der Waals surface area (Å²) < 4.78 is 35.3. The number of alkyl halides is 2. The average Bonchev–Trinajstić information content (AvgIpc) is 3.37. The van der Waals surface area contributed by atoms with Crippen LogP contribution in [0.4, 0.5) is 19.4 Å². The summed E-state index contributed by atoms with van der Waals surface area (Å²) >= 11 is 0. The maximum Gasteiger partial charge on any atom is 0.411 e. The monoisotopic (exact) mass is 483 g/mol. The smallest absolute Gasteiger partial charge is 0.411 e. The highest BCUT2D eigenvalue weighted by atomic mass is 19.2. The molecule has 1 aliphatic carbocycles. The summed E-state index contributed by atoms with van der Waals surface area (Å²) in [6, 6.07) is 1.75. The Kier molecular flexibility index (Phi) is 5.65. The first kappa shape index (κ1) is 23.1. The van der Waals surface area contributed by atoms with Gasteiger partial charge in [-0.2, -0.15) is 4.68 Å². The molecule has 9 nitrogen and oxygen atoms in total. The fraction of sp³-hybridized carbons (Fsp3) is 0.458. The fourth-order valence-electron chi connectivity index (χ4n) is 4.80. The summed E-state index contributed by atoms with van der Waals surface area (Å²) in [5.41, 5.74) is 7.81. The lowest BCUT2D eigenvalue weighted by atomic mass is 9.95. The Balaban J connectivity index is 1.46. The predicted molar refractivity (Wildman–Crippen MR) is 126 cm³/mol. The Morgan fingerprint density at radius 1 is 1.26 bits per heavy atom. The molecule has 1 saturated heterocycles. The minimum Gasteiger partial charge on any atom is -0.444 e. The zero-order valence-corrected chi connectivity index (χ0v) is 19.7. The number of anilines is 1. The standard InChI is InChI=1S/C24H27F2N7O2/c1-24(2,3)35-23(34)32-15-7-8-16(32)10-13(9-15)14-11-17(21(27)28-12-14)22-29-30-31-33(22)19-6-4-5-18(25)20(19)26/h4-6,9,11-12,15-16,18,20H,7-8,10H2,1-3H3,(H2,27,28). The number of amides is 1. The molecule has 0 saturated carbocycles. The number of hydrogen-bond acceptors (Lipinski definition) is 7. The highest BCUT2D eigenvalue weighted by molar-refractivity contribution is 5.79. The second kappa shape index (κ2) is 8.54. The maximum absolute atomic E-state index is 14.6. The Morgan fingerprint density at radius 3 is 2.80 bits per heavy atom. The van der Waals surface area contributed by atoms with Gasteiger partial charge in [0.25, 0.3) is 0 Å². The molecule has 3 aliphatic rings. The third kappa shape index (κ3) is 4.30. The molecule has 2 aromatic rings. The van der Waals surface area contributed by atoms with Gasteiger partial charge in [-0.15, -0.1) is 5.10 Å². The van der Waals surface area contributed by atoms with Crippen molar-refractivity contribution in [2.45, 2.75) is 70.1 Å². The van der Waals surface area contributed by atoms with Gasteiger partial charge in [0.05, 0.1) is 17.3 Å². The lowest BCUT2D eigenvalue weighted by Gasteiger charge is -2.35. The van der Waals surface area contributed by atoms with Crippen molar-refractivity contribution in [1.82, 2.24) is 30.1 Å². The third-order valence-corrected chi connectivity index (χ3v) is 6.37. The van der Waals surface area contributed by atoms with Gasteiger partial charge in [-0.25, -0.2) is 18.6 Å². The van der Waals surface area contributed by atoms with Gasteiger partial charge in [0.1, 0.15) is 11.4 Å². The number of nitrogens with two attached hydrogens (primary N) is 1. The molecule has 184 valence electrons. The highest BCUT2D eigenvalue weighted by Gasteiger charge is 2.42. The van der Waals surface area contributed by atoms with Crippen molar-refractivity contribution in [2.24, 2.45) is 0 Å². The van der Waals surface area contributed by atoms with E-state index < -0.39 is 17.9 Å². The van der Waals surface area contributed by atoms with Crippen molar-refractivity contribution < 1.29 is 18.3 Å². The van der Waals surface area contributed by atoms with Crippen LogP contribution in [0.15, 0.2) is 36.6 Å². The minimum absolute atomic E-state index is 0.0206. The Bertz CT molecular complexity index is 1250. The van der Waals surface area contributed by atoms with Gasteiger partial charge in [0.15, 0.2) is 18.2 Å². The molecule has 2 bridgehead atoms. The molecule has 4 heterocycles. The van der Waals surface area contributed by atoms with Crippen molar-refractivity contribution in [3.8, 4) is 11.4 Å². The van der Waals surface area contributed by atoms with E-state index >= 15 is 0 Å². The topological polar surface area (TPSA) is 112 Å². The van der Waals surface area contributed by atoms with E-state index in [1.807, 2.05) is 25.7 Å². The summed E-state index contributed by atoms with van der Waals surface area (Å²) in [5, 5.41) is 11.5. The lowest BCUT2D eigenvalue weighted by molar-refractivity contribution is 0.0175. The SMILES string of the molecule is CC(C)(C)OC(=O)N1C2C=C(c3cnc(N)c(-c4nnnn4C4=CC=CC(F)C4F)c3)CC1CC2. The van der Waals surface area contributed by atoms with E-state index in [1.54, 1.807) is 12.3 Å². The maximum atomic E-state index is 14.6. The second-order valence-electron chi connectivity index (χ2n) is 9.98. The van der Waals surface area contributed by atoms with Gasteiger partial charge < -0.3 is 10.5 Å². The molecule has 0 spiro atoms. The largest absolute Gasteiger partial charge is 0.444 e. The van der Waals surface area contributed by atoms with E-state index in [0.29, 0.717) is 12.0 Å². The molecule has 2 aliphatic heterocycles. The van der Waals surface area contributed by atoms with Crippen LogP contribution in [0.1, 0.15) is 45.6 Å². The van der Waals surface area contributed by atoms with Gasteiger partial charge in [-0.05, 0) is 79.8 Å². The predicted octanol–water partition coefficient (Wildman–Crippen LogP) is 3.96. The van der Waals surface area contributed by atoms with Gasteiger partial charge in [0.2, 0.25) is 0 Å². The number of fused-ring (bicyclic) bond motifs is 2. The van der Waals surface area contributed by atoms with Crippen molar-refractivity contribution in [2.75, 3.05) is 5.73 Å². The van der Waals surface area contributed by atoms with Crippen LogP contribution < -0.4 is 5.73 Å². The van der Waals surface area contributed by atoms with Crippen LogP contribution in [0.25, 0.3) is 22.7 Å². The van der Waals surface area contributed by atoms with E-state index in [9.17, 15) is 13.6 Å². The number of nitrogen functional groups attached to an aromatic ring is 1. The zero-order valence-electron chi connectivity index (χ0n) is 19.7. The quantitative estimate of drug-likeness (QED) is 0.703. The summed E-state index contributed by atoms with van der Waals surface area (Å²) in [6.07, 6.45) is 6.09. The minimum atomic E-state index is -1.91. The summed E-state index contributed by atoms with van der Waals surface area (Å²) in [4.78, 5) is 18.9. The van der Waals surface area contributed by atoms with Crippen LogP contribution in [0, 0.1) is 0 Å². The summed E-state index contributed by atoms with van der Waals surface area (Å²) in [6.45, 7) is 5.56. The highest BCUT2D eigenvalue weighted by Crippen LogP contribution is 2.40. The van der Waals surface area contributed by atoms with E-state index in [0.717, 1.165) is 34.7 Å². The Morgan fingerprint density at radius 2 is 2.06 bits per heavy atom. The number of nitrogens with zero attached hydrogens (tertiary/aromatic N) is 6. The molecule has 0 aromatic carbocycles. The molecule has 0 radical (unpaired) electrons. The van der Waals surface area contributed by atoms with Crippen molar-refractivity contribution in [3.63, 3.8) is 0 Å². The number of aromatic nitrogens is 5. The van der Waals surface area contributed by atoms with Gasteiger partial charge in [-0.1, -0.05) is 12.2 Å². The summed E-state index contributed by atoms with van der Waals surface area (Å²) in [5.74, 6) is 0.335. The van der Waals surface area contributed by atoms with Crippen molar-refractivity contribution >= 4 is 23.2 Å². The van der Waals surface area contributed by atoms with Crippen molar-refractivity contribution in [1.29, 1.82) is 0 Å². The second-order valence-corrected chi connectivity index (χ2v) is 9.98. The number of carbonyl (C=O) groups is 1. The molecule has 11 heteroatoms. The number of allylic oxidation sites excluding steroid dienone is 4. The van der Waals surface area contributed by atoms with Crippen LogP contribution in [-0.4, -0.2) is 66.2 Å². The molecule has 5 rings (SSSR count). The molecule has 4 unspecified atom stereocenters. The first-order chi connectivity index (χ1) is 16.6.